The van der Waals surface area contributed by atoms with E-state index in [0.29, 0.717) is 17.4 Å². The number of hydrogen-bond acceptors (Lipinski definition) is 4. The van der Waals surface area contributed by atoms with Gasteiger partial charge in [-0.3, -0.25) is 4.79 Å². The highest BCUT2D eigenvalue weighted by Crippen LogP contribution is 2.23. The number of nitrogens with zero attached hydrogens (tertiary/aromatic N) is 2. The highest BCUT2D eigenvalue weighted by atomic mass is 16.1. The van der Waals surface area contributed by atoms with E-state index in [1.165, 1.54) is 18.4 Å². The van der Waals surface area contributed by atoms with Crippen LogP contribution in [0.5, 0.6) is 0 Å². The number of nitrogens with one attached hydrogen (secondary N) is 2. The van der Waals surface area contributed by atoms with Crippen LogP contribution in [0.25, 0.3) is 0 Å². The molecule has 5 heteroatoms. The number of anilines is 2. The molecule has 0 saturated heterocycles. The molecule has 1 aliphatic rings. The summed E-state index contributed by atoms with van der Waals surface area (Å²) in [5.41, 5.74) is 2.89. The van der Waals surface area contributed by atoms with E-state index >= 15 is 0 Å². The van der Waals surface area contributed by atoms with E-state index in [0.717, 1.165) is 11.4 Å². The summed E-state index contributed by atoms with van der Waals surface area (Å²) in [5.74, 6) is 1.04. The predicted octanol–water partition coefficient (Wildman–Crippen LogP) is 2.92. The van der Waals surface area contributed by atoms with Crippen molar-refractivity contribution in [2.75, 3.05) is 10.6 Å². The standard InChI is InChI=1S/C16H18N4O/c1-10-3-4-12(9-11(10)2)16(21)18-15-8-7-14(19-20-15)17-13-5-6-13/h3-4,7-9,13H,5-6H2,1-2H3,(H,17,19)(H,18,20,21). The van der Waals surface area contributed by atoms with Crippen LogP contribution in [0.3, 0.4) is 0 Å². The van der Waals surface area contributed by atoms with Crippen molar-refractivity contribution in [3.63, 3.8) is 0 Å². The maximum absolute atomic E-state index is 12.2. The highest BCUT2D eigenvalue weighted by Gasteiger charge is 2.21. The molecule has 21 heavy (non-hydrogen) atoms. The first-order valence-electron chi connectivity index (χ1n) is 7.11. The molecular weight excluding hydrogens is 264 g/mol. The first-order chi connectivity index (χ1) is 10.1. The summed E-state index contributed by atoms with van der Waals surface area (Å²) in [6.45, 7) is 4.01. The zero-order valence-electron chi connectivity index (χ0n) is 12.2. The van der Waals surface area contributed by atoms with Gasteiger partial charge in [0.25, 0.3) is 5.91 Å². The Balaban J connectivity index is 1.67. The Morgan fingerprint density at radius 3 is 2.38 bits per heavy atom. The van der Waals surface area contributed by atoms with Crippen LogP contribution in [-0.4, -0.2) is 22.1 Å². The van der Waals surface area contributed by atoms with E-state index in [1.807, 2.05) is 38.1 Å². The second-order valence-corrected chi connectivity index (χ2v) is 5.48. The van der Waals surface area contributed by atoms with Gasteiger partial charge in [-0.15, -0.1) is 10.2 Å². The molecule has 1 heterocycles. The zero-order chi connectivity index (χ0) is 14.8. The van der Waals surface area contributed by atoms with Crippen LogP contribution in [0.1, 0.15) is 34.3 Å². The molecular formula is C16H18N4O. The summed E-state index contributed by atoms with van der Waals surface area (Å²) in [4.78, 5) is 12.2. The van der Waals surface area contributed by atoms with E-state index in [2.05, 4.69) is 20.8 Å². The van der Waals surface area contributed by atoms with Gasteiger partial charge in [0, 0.05) is 11.6 Å². The van der Waals surface area contributed by atoms with Gasteiger partial charge >= 0.3 is 0 Å². The lowest BCUT2D eigenvalue weighted by Crippen LogP contribution is -2.14. The van der Waals surface area contributed by atoms with Crippen molar-refractivity contribution in [2.24, 2.45) is 0 Å². The van der Waals surface area contributed by atoms with Gasteiger partial charge in [-0.05, 0) is 62.1 Å². The third kappa shape index (κ3) is 3.37. The fourth-order valence-corrected chi connectivity index (χ4v) is 1.98. The minimum Gasteiger partial charge on any atom is -0.366 e. The smallest absolute Gasteiger partial charge is 0.256 e. The molecule has 1 amide bonds. The van der Waals surface area contributed by atoms with E-state index in [4.69, 9.17) is 0 Å². The predicted molar refractivity (Wildman–Crippen MR) is 82.5 cm³/mol. The first-order valence-corrected chi connectivity index (χ1v) is 7.11. The Hall–Kier alpha value is -2.43. The number of aromatic nitrogens is 2. The fraction of sp³-hybridized carbons (Fsp3) is 0.312. The highest BCUT2D eigenvalue weighted by molar-refractivity contribution is 6.03. The summed E-state index contributed by atoms with van der Waals surface area (Å²) < 4.78 is 0. The Kier molecular flexibility index (Phi) is 3.56. The van der Waals surface area contributed by atoms with Crippen LogP contribution in [0, 0.1) is 13.8 Å². The molecule has 108 valence electrons. The van der Waals surface area contributed by atoms with Crippen LogP contribution >= 0.6 is 0 Å². The number of carbonyl (C=O) groups is 1. The van der Waals surface area contributed by atoms with E-state index in [-0.39, 0.29) is 5.91 Å². The molecule has 0 unspecified atom stereocenters. The summed E-state index contributed by atoms with van der Waals surface area (Å²) in [6, 6.07) is 9.77. The first kappa shape index (κ1) is 13.5. The summed E-state index contributed by atoms with van der Waals surface area (Å²) >= 11 is 0. The Labute approximate surface area is 123 Å². The van der Waals surface area contributed by atoms with Gasteiger partial charge in [-0.2, -0.15) is 0 Å². The summed E-state index contributed by atoms with van der Waals surface area (Å²) in [7, 11) is 0. The molecule has 1 saturated carbocycles. The summed E-state index contributed by atoms with van der Waals surface area (Å²) in [5, 5.41) is 14.1. The minimum absolute atomic E-state index is 0.171. The van der Waals surface area contributed by atoms with Crippen molar-refractivity contribution in [1.82, 2.24) is 10.2 Å². The van der Waals surface area contributed by atoms with Crippen molar-refractivity contribution in [3.8, 4) is 0 Å². The van der Waals surface area contributed by atoms with Crippen molar-refractivity contribution in [2.45, 2.75) is 32.7 Å². The maximum atomic E-state index is 12.2. The van der Waals surface area contributed by atoms with Crippen LogP contribution in [0.15, 0.2) is 30.3 Å². The maximum Gasteiger partial charge on any atom is 0.256 e. The molecule has 1 aromatic carbocycles. The van der Waals surface area contributed by atoms with Gasteiger partial charge in [0.1, 0.15) is 5.82 Å². The monoisotopic (exact) mass is 282 g/mol. The topological polar surface area (TPSA) is 66.9 Å². The molecule has 2 aromatic rings. The molecule has 0 bridgehead atoms. The third-order valence-electron chi connectivity index (χ3n) is 3.60. The molecule has 0 spiro atoms. The number of amides is 1. The third-order valence-corrected chi connectivity index (χ3v) is 3.60. The molecule has 0 atom stereocenters. The molecule has 0 aliphatic heterocycles. The van der Waals surface area contributed by atoms with Crippen molar-refractivity contribution in [1.29, 1.82) is 0 Å². The Bertz CT molecular complexity index is 662. The van der Waals surface area contributed by atoms with Gasteiger partial charge in [0.15, 0.2) is 5.82 Å². The van der Waals surface area contributed by atoms with Crippen LogP contribution < -0.4 is 10.6 Å². The minimum atomic E-state index is -0.171. The van der Waals surface area contributed by atoms with Crippen LogP contribution in [0.4, 0.5) is 11.6 Å². The second kappa shape index (κ2) is 5.52. The van der Waals surface area contributed by atoms with Gasteiger partial charge in [0.05, 0.1) is 0 Å². The van der Waals surface area contributed by atoms with Crippen LogP contribution in [-0.2, 0) is 0 Å². The molecule has 1 aliphatic carbocycles. The SMILES string of the molecule is Cc1ccc(C(=O)Nc2ccc(NC3CC3)nn2)cc1C. The quantitative estimate of drug-likeness (QED) is 0.904. The second-order valence-electron chi connectivity index (χ2n) is 5.48. The fourth-order valence-electron chi connectivity index (χ4n) is 1.98. The number of hydrogen-bond donors (Lipinski definition) is 2. The summed E-state index contributed by atoms with van der Waals surface area (Å²) in [6.07, 6.45) is 2.37. The number of aryl methyl sites for hydroxylation is 2. The van der Waals surface area contributed by atoms with Crippen molar-refractivity contribution in [3.05, 3.63) is 47.0 Å². The van der Waals surface area contributed by atoms with Crippen molar-refractivity contribution < 1.29 is 4.79 Å². The molecule has 2 N–H and O–H groups in total. The zero-order valence-corrected chi connectivity index (χ0v) is 12.2. The average Bonchev–Trinajstić information content (AvgIpc) is 3.28. The van der Waals surface area contributed by atoms with Gasteiger partial charge in [0.2, 0.25) is 0 Å². The number of rotatable bonds is 4. The normalized spacial score (nSPS) is 13.8. The van der Waals surface area contributed by atoms with E-state index < -0.39 is 0 Å². The number of carbonyl (C=O) groups excluding carboxylic acids is 1. The molecule has 0 radical (unpaired) electrons. The Morgan fingerprint density at radius 1 is 1.05 bits per heavy atom. The largest absolute Gasteiger partial charge is 0.366 e. The van der Waals surface area contributed by atoms with Gasteiger partial charge < -0.3 is 10.6 Å². The van der Waals surface area contributed by atoms with E-state index in [1.54, 1.807) is 6.07 Å². The van der Waals surface area contributed by atoms with Crippen LogP contribution in [0.2, 0.25) is 0 Å². The average molecular weight is 282 g/mol. The lowest BCUT2D eigenvalue weighted by molar-refractivity contribution is 0.102. The van der Waals surface area contributed by atoms with E-state index in [9.17, 15) is 4.79 Å². The van der Waals surface area contributed by atoms with Gasteiger partial charge in [-0.25, -0.2) is 0 Å². The molecule has 3 rings (SSSR count). The lowest BCUT2D eigenvalue weighted by atomic mass is 10.1. The van der Waals surface area contributed by atoms with Gasteiger partial charge in [-0.1, -0.05) is 6.07 Å². The number of benzene rings is 1. The lowest BCUT2D eigenvalue weighted by Gasteiger charge is -2.07. The molecule has 1 aromatic heterocycles. The Morgan fingerprint density at radius 2 is 1.76 bits per heavy atom. The molecule has 1 fully saturated rings. The van der Waals surface area contributed by atoms with Crippen molar-refractivity contribution >= 4 is 17.5 Å². The molecule has 5 nitrogen and oxygen atoms in total.